The van der Waals surface area contributed by atoms with Crippen LogP contribution in [0.4, 0.5) is 5.69 Å². The van der Waals surface area contributed by atoms with Crippen LogP contribution < -0.4 is 5.32 Å². The van der Waals surface area contributed by atoms with E-state index in [0.29, 0.717) is 18.1 Å². The fourth-order valence-corrected chi connectivity index (χ4v) is 3.05. The normalized spacial score (nSPS) is 10.9. The minimum atomic E-state index is -0.193. The molecule has 0 unspecified atom stereocenters. The van der Waals surface area contributed by atoms with E-state index in [1.807, 2.05) is 78.2 Å². The number of hydrogen-bond acceptors (Lipinski definition) is 4. The number of nitrogens with zero attached hydrogens (tertiary/aromatic N) is 3. The molecule has 0 aliphatic rings. The summed E-state index contributed by atoms with van der Waals surface area (Å²) in [6.07, 6.45) is 3.65. The monoisotopic (exact) mass is 372 g/mol. The SMILES string of the molecule is Cc1c(-c2cccc(NC(=O)COCc3ccccc3)c2)nc2ncccn12. The topological polar surface area (TPSA) is 68.5 Å². The van der Waals surface area contributed by atoms with Crippen molar-refractivity contribution in [3.8, 4) is 11.3 Å². The van der Waals surface area contributed by atoms with Crippen molar-refractivity contribution in [3.63, 3.8) is 0 Å². The summed E-state index contributed by atoms with van der Waals surface area (Å²) < 4.78 is 7.43. The second-order valence-electron chi connectivity index (χ2n) is 6.44. The number of ether oxygens (including phenoxy) is 1. The standard InChI is InChI=1S/C22H20N4O2/c1-16-21(25-22-23-11-6-12-26(16)22)18-9-5-10-19(13-18)24-20(27)15-28-14-17-7-3-2-4-8-17/h2-13H,14-15H2,1H3,(H,24,27). The van der Waals surface area contributed by atoms with Gasteiger partial charge in [-0.05, 0) is 30.7 Å². The van der Waals surface area contributed by atoms with E-state index in [9.17, 15) is 4.79 Å². The van der Waals surface area contributed by atoms with Crippen molar-refractivity contribution in [2.75, 3.05) is 11.9 Å². The molecule has 4 rings (SSSR count). The van der Waals surface area contributed by atoms with E-state index in [2.05, 4.69) is 15.3 Å². The number of fused-ring (bicyclic) bond motifs is 1. The molecule has 140 valence electrons. The average Bonchev–Trinajstić information content (AvgIpc) is 3.06. The molecule has 0 spiro atoms. The summed E-state index contributed by atoms with van der Waals surface area (Å²) in [6.45, 7) is 2.40. The minimum Gasteiger partial charge on any atom is -0.367 e. The molecule has 4 aromatic rings. The highest BCUT2D eigenvalue weighted by Gasteiger charge is 2.12. The fourth-order valence-electron chi connectivity index (χ4n) is 3.05. The van der Waals surface area contributed by atoms with E-state index in [-0.39, 0.29) is 12.5 Å². The van der Waals surface area contributed by atoms with Gasteiger partial charge in [-0.25, -0.2) is 9.97 Å². The summed E-state index contributed by atoms with van der Waals surface area (Å²) >= 11 is 0. The molecular weight excluding hydrogens is 352 g/mol. The van der Waals surface area contributed by atoms with Gasteiger partial charge in [0.2, 0.25) is 11.7 Å². The van der Waals surface area contributed by atoms with Crippen LogP contribution in [0, 0.1) is 6.92 Å². The van der Waals surface area contributed by atoms with Crippen molar-refractivity contribution in [2.45, 2.75) is 13.5 Å². The van der Waals surface area contributed by atoms with Gasteiger partial charge < -0.3 is 10.1 Å². The molecule has 2 heterocycles. The summed E-state index contributed by atoms with van der Waals surface area (Å²) in [4.78, 5) is 21.1. The summed E-state index contributed by atoms with van der Waals surface area (Å²) in [6, 6.07) is 19.3. The molecule has 2 aromatic heterocycles. The van der Waals surface area contributed by atoms with Crippen LogP contribution in [0.5, 0.6) is 0 Å². The molecule has 6 heteroatoms. The number of hydrogen-bond donors (Lipinski definition) is 1. The number of anilines is 1. The van der Waals surface area contributed by atoms with Gasteiger partial charge in [-0.2, -0.15) is 0 Å². The van der Waals surface area contributed by atoms with Gasteiger partial charge in [0.1, 0.15) is 6.61 Å². The number of nitrogens with one attached hydrogen (secondary N) is 1. The first kappa shape index (κ1) is 17.9. The predicted octanol–water partition coefficient (Wildman–Crippen LogP) is 3.86. The van der Waals surface area contributed by atoms with Crippen LogP contribution in [0.2, 0.25) is 0 Å². The van der Waals surface area contributed by atoms with Gasteiger partial charge >= 0.3 is 0 Å². The van der Waals surface area contributed by atoms with E-state index in [4.69, 9.17) is 4.74 Å². The Morgan fingerprint density at radius 1 is 1.11 bits per heavy atom. The van der Waals surface area contributed by atoms with Crippen LogP contribution in [0.1, 0.15) is 11.3 Å². The quantitative estimate of drug-likeness (QED) is 0.558. The Balaban J connectivity index is 1.43. The minimum absolute atomic E-state index is 0.00354. The number of imidazole rings is 1. The summed E-state index contributed by atoms with van der Waals surface area (Å²) in [5.74, 6) is 0.459. The van der Waals surface area contributed by atoms with Gasteiger partial charge in [0, 0.05) is 29.3 Å². The Kier molecular flexibility index (Phi) is 5.12. The molecule has 28 heavy (non-hydrogen) atoms. The van der Waals surface area contributed by atoms with Crippen LogP contribution in [0.25, 0.3) is 17.0 Å². The van der Waals surface area contributed by atoms with Crippen LogP contribution in [0.3, 0.4) is 0 Å². The van der Waals surface area contributed by atoms with E-state index in [1.54, 1.807) is 6.20 Å². The van der Waals surface area contributed by atoms with E-state index in [0.717, 1.165) is 22.5 Å². The van der Waals surface area contributed by atoms with Crippen molar-refractivity contribution in [1.29, 1.82) is 0 Å². The number of carbonyl (C=O) groups is 1. The lowest BCUT2D eigenvalue weighted by Crippen LogP contribution is -2.18. The fraction of sp³-hybridized carbons (Fsp3) is 0.136. The molecule has 0 bridgehead atoms. The van der Waals surface area contributed by atoms with Gasteiger partial charge in [-0.15, -0.1) is 0 Å². The summed E-state index contributed by atoms with van der Waals surface area (Å²) in [5, 5.41) is 2.88. The Hall–Kier alpha value is -3.51. The maximum absolute atomic E-state index is 12.2. The first-order chi connectivity index (χ1) is 13.7. The lowest BCUT2D eigenvalue weighted by molar-refractivity contribution is -0.121. The molecule has 0 aliphatic heterocycles. The number of aromatic nitrogens is 3. The van der Waals surface area contributed by atoms with Crippen molar-refractivity contribution in [1.82, 2.24) is 14.4 Å². The summed E-state index contributed by atoms with van der Waals surface area (Å²) in [5.41, 5.74) is 4.50. The number of benzene rings is 2. The number of aryl methyl sites for hydroxylation is 1. The van der Waals surface area contributed by atoms with Crippen LogP contribution >= 0.6 is 0 Å². The third-order valence-corrected chi connectivity index (χ3v) is 4.41. The third-order valence-electron chi connectivity index (χ3n) is 4.41. The second kappa shape index (κ2) is 8.02. The lowest BCUT2D eigenvalue weighted by Gasteiger charge is -2.08. The molecule has 0 atom stereocenters. The first-order valence-corrected chi connectivity index (χ1v) is 9.02. The molecule has 2 aromatic carbocycles. The van der Waals surface area contributed by atoms with Gasteiger partial charge in [0.25, 0.3) is 0 Å². The highest BCUT2D eigenvalue weighted by atomic mass is 16.5. The average molecular weight is 372 g/mol. The maximum atomic E-state index is 12.2. The van der Waals surface area contributed by atoms with Crippen molar-refractivity contribution in [3.05, 3.63) is 84.3 Å². The van der Waals surface area contributed by atoms with Gasteiger partial charge in [0.05, 0.1) is 12.3 Å². The number of carbonyl (C=O) groups excluding carboxylic acids is 1. The zero-order valence-electron chi connectivity index (χ0n) is 15.5. The van der Waals surface area contributed by atoms with Crippen LogP contribution in [-0.4, -0.2) is 26.9 Å². The van der Waals surface area contributed by atoms with Gasteiger partial charge in [-0.3, -0.25) is 9.20 Å². The van der Waals surface area contributed by atoms with Gasteiger partial charge in [-0.1, -0.05) is 42.5 Å². The van der Waals surface area contributed by atoms with E-state index < -0.39 is 0 Å². The molecule has 0 fully saturated rings. The second-order valence-corrected chi connectivity index (χ2v) is 6.44. The molecule has 1 N–H and O–H groups in total. The van der Waals surface area contributed by atoms with Crippen molar-refractivity contribution < 1.29 is 9.53 Å². The maximum Gasteiger partial charge on any atom is 0.250 e. The highest BCUT2D eigenvalue weighted by Crippen LogP contribution is 2.25. The smallest absolute Gasteiger partial charge is 0.250 e. The molecule has 0 radical (unpaired) electrons. The molecule has 0 saturated carbocycles. The van der Waals surface area contributed by atoms with Crippen molar-refractivity contribution in [2.24, 2.45) is 0 Å². The van der Waals surface area contributed by atoms with Gasteiger partial charge in [0.15, 0.2) is 0 Å². The summed E-state index contributed by atoms with van der Waals surface area (Å²) in [7, 11) is 0. The third kappa shape index (κ3) is 3.92. The first-order valence-electron chi connectivity index (χ1n) is 9.02. The Morgan fingerprint density at radius 2 is 1.96 bits per heavy atom. The van der Waals surface area contributed by atoms with Crippen LogP contribution in [0.15, 0.2) is 73.1 Å². The molecule has 0 aliphatic carbocycles. The molecule has 1 amide bonds. The van der Waals surface area contributed by atoms with E-state index in [1.165, 1.54) is 0 Å². The molecule has 6 nitrogen and oxygen atoms in total. The molecular formula is C22H20N4O2. The number of amides is 1. The Morgan fingerprint density at radius 3 is 2.79 bits per heavy atom. The van der Waals surface area contributed by atoms with E-state index >= 15 is 0 Å². The Bertz CT molecular complexity index is 1110. The predicted molar refractivity (Wildman–Crippen MR) is 108 cm³/mol. The lowest BCUT2D eigenvalue weighted by atomic mass is 10.1. The largest absolute Gasteiger partial charge is 0.367 e. The zero-order chi connectivity index (χ0) is 19.3. The highest BCUT2D eigenvalue weighted by molar-refractivity contribution is 5.92. The number of rotatable bonds is 6. The van der Waals surface area contributed by atoms with Crippen LogP contribution in [-0.2, 0) is 16.1 Å². The molecule has 0 saturated heterocycles. The zero-order valence-corrected chi connectivity index (χ0v) is 15.5. The van der Waals surface area contributed by atoms with Crippen molar-refractivity contribution >= 4 is 17.4 Å². The Labute approximate surface area is 162 Å².